The Bertz CT molecular complexity index is 1070. The summed E-state index contributed by atoms with van der Waals surface area (Å²) in [6.07, 6.45) is 0.282. The van der Waals surface area contributed by atoms with Gasteiger partial charge >= 0.3 is 0 Å². The summed E-state index contributed by atoms with van der Waals surface area (Å²) in [5, 5.41) is 10.7. The molecule has 3 N–H and O–H groups in total. The van der Waals surface area contributed by atoms with Crippen molar-refractivity contribution in [3.8, 4) is 22.6 Å². The van der Waals surface area contributed by atoms with Crippen LogP contribution in [0.25, 0.3) is 11.1 Å². The highest BCUT2D eigenvalue weighted by atomic mass is 35.5. The molecule has 0 heterocycles. The molecule has 0 radical (unpaired) electrons. The van der Waals surface area contributed by atoms with Gasteiger partial charge in [-0.1, -0.05) is 29.3 Å². The van der Waals surface area contributed by atoms with Crippen molar-refractivity contribution < 1.29 is 23.4 Å². The summed E-state index contributed by atoms with van der Waals surface area (Å²) in [6.45, 7) is -0.309. The van der Waals surface area contributed by atoms with E-state index in [1.165, 1.54) is 24.3 Å². The number of aromatic hydroxyl groups is 1. The number of carbonyl (C=O) groups is 1. The number of nitrogens with two attached hydrogens (primary N) is 1. The van der Waals surface area contributed by atoms with Gasteiger partial charge in [-0.3, -0.25) is 4.79 Å². The summed E-state index contributed by atoms with van der Waals surface area (Å²) in [5.41, 5.74) is 6.60. The molecule has 4 nitrogen and oxygen atoms in total. The second-order valence-electron chi connectivity index (χ2n) is 6.27. The van der Waals surface area contributed by atoms with Crippen molar-refractivity contribution in [3.63, 3.8) is 0 Å². The van der Waals surface area contributed by atoms with E-state index in [0.717, 1.165) is 12.1 Å². The summed E-state index contributed by atoms with van der Waals surface area (Å²) in [4.78, 5) is 10.8. The summed E-state index contributed by atoms with van der Waals surface area (Å²) < 4.78 is 32.5. The lowest BCUT2D eigenvalue weighted by Gasteiger charge is -2.13. The second-order valence-corrected chi connectivity index (χ2v) is 7.09. The maximum absolute atomic E-state index is 14.1. The number of primary amides is 1. The molecule has 0 fully saturated rings. The van der Waals surface area contributed by atoms with Crippen LogP contribution >= 0.6 is 23.2 Å². The van der Waals surface area contributed by atoms with E-state index < -0.39 is 17.5 Å². The Hall–Kier alpha value is -2.83. The van der Waals surface area contributed by atoms with Gasteiger partial charge in [-0.15, -0.1) is 0 Å². The lowest BCUT2D eigenvalue weighted by molar-refractivity contribution is -0.119. The van der Waals surface area contributed by atoms with Crippen LogP contribution in [0.2, 0.25) is 10.0 Å². The van der Waals surface area contributed by atoms with Crippen LogP contribution in [0.3, 0.4) is 0 Å². The Morgan fingerprint density at radius 3 is 2.31 bits per heavy atom. The van der Waals surface area contributed by atoms with Crippen molar-refractivity contribution in [2.24, 2.45) is 5.73 Å². The van der Waals surface area contributed by atoms with Gasteiger partial charge in [0.05, 0.1) is 0 Å². The van der Waals surface area contributed by atoms with E-state index in [4.69, 9.17) is 33.7 Å². The van der Waals surface area contributed by atoms with Gasteiger partial charge in [0.2, 0.25) is 0 Å². The zero-order chi connectivity index (χ0) is 21.1. The first kappa shape index (κ1) is 20.9. The summed E-state index contributed by atoms with van der Waals surface area (Å²) in [6, 6.07) is 10.8. The first-order valence-corrected chi connectivity index (χ1v) is 9.16. The van der Waals surface area contributed by atoms with Crippen LogP contribution in [-0.2, 0) is 11.2 Å². The van der Waals surface area contributed by atoms with E-state index in [2.05, 4.69) is 0 Å². The fraction of sp³-hybridized carbons (Fsp3) is 0.0952. The number of hydrogen-bond acceptors (Lipinski definition) is 3. The smallest absolute Gasteiger partial charge is 0.255 e. The molecule has 3 rings (SSSR count). The molecular formula is C21H15Cl2F2NO3. The molecule has 0 saturated heterocycles. The SMILES string of the molecule is NC(=O)COc1cc(Cl)c(Cc2ccc(O)c(-c3ccc(F)cc3F)c2)c(Cl)c1. The number of amides is 1. The minimum atomic E-state index is -0.788. The molecule has 0 unspecified atom stereocenters. The molecule has 3 aromatic carbocycles. The van der Waals surface area contributed by atoms with E-state index in [0.29, 0.717) is 26.9 Å². The third-order valence-corrected chi connectivity index (χ3v) is 4.83. The molecule has 0 bridgehead atoms. The quantitative estimate of drug-likeness (QED) is 0.563. The van der Waals surface area contributed by atoms with Crippen LogP contribution in [0.4, 0.5) is 8.78 Å². The molecule has 1 amide bonds. The van der Waals surface area contributed by atoms with Crippen molar-refractivity contribution in [1.82, 2.24) is 0 Å². The number of phenolic OH excluding ortho intramolecular Hbond substituents is 1. The predicted octanol–water partition coefficient (Wildman–Crippen LogP) is 5.10. The Labute approximate surface area is 175 Å². The fourth-order valence-corrected chi connectivity index (χ4v) is 3.41. The van der Waals surface area contributed by atoms with Crippen LogP contribution in [0.5, 0.6) is 11.5 Å². The van der Waals surface area contributed by atoms with Gasteiger partial charge in [0.1, 0.15) is 23.1 Å². The van der Waals surface area contributed by atoms with Gasteiger partial charge in [-0.2, -0.15) is 0 Å². The van der Waals surface area contributed by atoms with E-state index >= 15 is 0 Å². The van der Waals surface area contributed by atoms with Gasteiger partial charge in [-0.25, -0.2) is 8.78 Å². The third-order valence-electron chi connectivity index (χ3n) is 4.16. The van der Waals surface area contributed by atoms with Crippen molar-refractivity contribution >= 4 is 29.1 Å². The van der Waals surface area contributed by atoms with Crippen molar-refractivity contribution in [2.45, 2.75) is 6.42 Å². The Kier molecular flexibility index (Phi) is 6.25. The number of hydrogen-bond donors (Lipinski definition) is 2. The normalized spacial score (nSPS) is 10.8. The minimum absolute atomic E-state index is 0.0677. The van der Waals surface area contributed by atoms with E-state index in [1.54, 1.807) is 12.1 Å². The van der Waals surface area contributed by atoms with Gasteiger partial charge in [-0.05, 0) is 47.5 Å². The molecular weight excluding hydrogens is 423 g/mol. The number of phenols is 1. The highest BCUT2D eigenvalue weighted by Gasteiger charge is 2.15. The standard InChI is InChI=1S/C21H15Cl2F2NO3/c22-17-8-13(29-10-21(26)28)9-18(23)16(17)6-11-1-4-20(27)15(5-11)14-3-2-12(24)7-19(14)25/h1-5,7-9,27H,6,10H2,(H2,26,28). The summed E-state index contributed by atoms with van der Waals surface area (Å²) >= 11 is 12.6. The Morgan fingerprint density at radius 1 is 1.00 bits per heavy atom. The largest absolute Gasteiger partial charge is 0.507 e. The minimum Gasteiger partial charge on any atom is -0.507 e. The molecule has 0 spiro atoms. The van der Waals surface area contributed by atoms with Crippen molar-refractivity contribution in [2.75, 3.05) is 6.61 Å². The second kappa shape index (κ2) is 8.68. The van der Waals surface area contributed by atoms with E-state index in [9.17, 15) is 18.7 Å². The molecule has 150 valence electrons. The fourth-order valence-electron chi connectivity index (χ4n) is 2.81. The lowest BCUT2D eigenvalue weighted by Crippen LogP contribution is -2.20. The maximum atomic E-state index is 14.1. The number of benzene rings is 3. The number of halogens is 4. The average Bonchev–Trinajstić information content (AvgIpc) is 2.64. The van der Waals surface area contributed by atoms with Gasteiger partial charge in [0, 0.05) is 33.7 Å². The first-order valence-electron chi connectivity index (χ1n) is 8.41. The number of carbonyl (C=O) groups excluding carboxylic acids is 1. The van der Waals surface area contributed by atoms with E-state index in [1.807, 2.05) is 0 Å². The molecule has 29 heavy (non-hydrogen) atoms. The topological polar surface area (TPSA) is 72.6 Å². The van der Waals surface area contributed by atoms with Crippen LogP contribution in [0.1, 0.15) is 11.1 Å². The van der Waals surface area contributed by atoms with Gasteiger partial charge in [0.15, 0.2) is 6.61 Å². The Balaban J connectivity index is 1.92. The molecule has 0 aliphatic heterocycles. The highest BCUT2D eigenvalue weighted by molar-refractivity contribution is 6.36. The van der Waals surface area contributed by atoms with Gasteiger partial charge < -0.3 is 15.6 Å². The highest BCUT2D eigenvalue weighted by Crippen LogP contribution is 2.36. The van der Waals surface area contributed by atoms with Crippen molar-refractivity contribution in [1.29, 1.82) is 0 Å². The molecule has 8 heteroatoms. The number of ether oxygens (including phenoxy) is 1. The Morgan fingerprint density at radius 2 is 1.69 bits per heavy atom. The summed E-state index contributed by atoms with van der Waals surface area (Å²) in [5.74, 6) is -1.98. The molecule has 0 aliphatic rings. The zero-order valence-corrected chi connectivity index (χ0v) is 16.4. The first-order chi connectivity index (χ1) is 13.7. The van der Waals surface area contributed by atoms with Crippen molar-refractivity contribution in [3.05, 3.63) is 81.3 Å². The molecule has 0 atom stereocenters. The summed E-state index contributed by atoms with van der Waals surface area (Å²) in [7, 11) is 0. The average molecular weight is 438 g/mol. The molecule has 0 aliphatic carbocycles. The van der Waals surface area contributed by atoms with Crippen LogP contribution in [0.15, 0.2) is 48.5 Å². The van der Waals surface area contributed by atoms with Crippen LogP contribution in [0, 0.1) is 11.6 Å². The van der Waals surface area contributed by atoms with Gasteiger partial charge in [0.25, 0.3) is 5.91 Å². The molecule has 0 aromatic heterocycles. The monoisotopic (exact) mass is 437 g/mol. The lowest BCUT2D eigenvalue weighted by atomic mass is 9.97. The maximum Gasteiger partial charge on any atom is 0.255 e. The van der Waals surface area contributed by atoms with E-state index in [-0.39, 0.29) is 29.9 Å². The third kappa shape index (κ3) is 4.96. The predicted molar refractivity (Wildman–Crippen MR) is 107 cm³/mol. The zero-order valence-electron chi connectivity index (χ0n) is 14.9. The molecule has 3 aromatic rings. The van der Waals surface area contributed by atoms with Crippen LogP contribution in [-0.4, -0.2) is 17.6 Å². The van der Waals surface area contributed by atoms with Crippen LogP contribution < -0.4 is 10.5 Å². The molecule has 0 saturated carbocycles. The number of rotatable bonds is 6.